The van der Waals surface area contributed by atoms with E-state index in [1.54, 1.807) is 54.8 Å². The van der Waals surface area contributed by atoms with Crippen LogP contribution in [0.4, 0.5) is 11.4 Å². The fourth-order valence-electron chi connectivity index (χ4n) is 2.68. The first-order valence-corrected chi connectivity index (χ1v) is 12.2. The zero-order valence-corrected chi connectivity index (χ0v) is 18.6. The number of nitrogens with one attached hydrogen (secondary N) is 1. The molecule has 0 aliphatic heterocycles. The second-order valence-corrected chi connectivity index (χ2v) is 10.2. The molecule has 1 N–H and O–H groups in total. The summed E-state index contributed by atoms with van der Waals surface area (Å²) >= 11 is 4.69. The van der Waals surface area contributed by atoms with E-state index in [1.165, 1.54) is 31.3 Å². The van der Waals surface area contributed by atoms with Gasteiger partial charge in [-0.25, -0.2) is 8.42 Å². The van der Waals surface area contributed by atoms with Crippen molar-refractivity contribution in [3.63, 3.8) is 0 Å². The van der Waals surface area contributed by atoms with Crippen LogP contribution in [0.2, 0.25) is 5.02 Å². The van der Waals surface area contributed by atoms with Crippen LogP contribution >= 0.6 is 11.6 Å². The van der Waals surface area contributed by atoms with Crippen molar-refractivity contribution in [1.29, 1.82) is 0 Å². The van der Waals surface area contributed by atoms with Crippen LogP contribution in [0.3, 0.4) is 0 Å². The molecule has 0 aromatic heterocycles. The predicted molar refractivity (Wildman–Crippen MR) is 120 cm³/mol. The standard InChI is InChI=1S/C21H19ClN2O4S2/c1-24(18-10-12-19(13-11-18)29(2)26)30(27,28)20-5-3-4-15(14-20)21(25)23-17-8-6-16(22)7-9-17/h3-14H,1-2H3,(H,23,25). The Balaban J connectivity index is 1.84. The Morgan fingerprint density at radius 3 is 2.27 bits per heavy atom. The molecule has 0 spiro atoms. The molecule has 0 fully saturated rings. The van der Waals surface area contributed by atoms with Crippen LogP contribution in [0.25, 0.3) is 0 Å². The summed E-state index contributed by atoms with van der Waals surface area (Å²) in [5.41, 5.74) is 1.17. The molecule has 0 saturated heterocycles. The summed E-state index contributed by atoms with van der Waals surface area (Å²) in [6.45, 7) is 0. The lowest BCUT2D eigenvalue weighted by Gasteiger charge is -2.20. The van der Waals surface area contributed by atoms with Crippen LogP contribution in [0, 0.1) is 0 Å². The molecule has 1 amide bonds. The number of carbonyl (C=O) groups excluding carboxylic acids is 1. The summed E-state index contributed by atoms with van der Waals surface area (Å²) in [7, 11) is -2.48. The molecule has 0 aliphatic rings. The van der Waals surface area contributed by atoms with E-state index >= 15 is 0 Å². The Hall–Kier alpha value is -2.52. The van der Waals surface area contributed by atoms with Gasteiger partial charge in [-0.1, -0.05) is 17.7 Å². The summed E-state index contributed by atoms with van der Waals surface area (Å²) < 4.78 is 38.7. The van der Waals surface area contributed by atoms with E-state index in [4.69, 9.17) is 11.6 Å². The number of anilines is 2. The average Bonchev–Trinajstić information content (AvgIpc) is 2.75. The van der Waals surface area contributed by atoms with E-state index in [1.807, 2.05) is 0 Å². The SMILES string of the molecule is CN(c1ccc([S+](C)[O-])cc1)S(=O)(=O)c1cccc(C(=O)Nc2ccc(Cl)cc2)c1. The van der Waals surface area contributed by atoms with Gasteiger partial charge in [0.2, 0.25) is 0 Å². The maximum absolute atomic E-state index is 13.0. The van der Waals surface area contributed by atoms with Gasteiger partial charge in [0.05, 0.1) is 10.6 Å². The average molecular weight is 463 g/mol. The number of hydrogen-bond donors (Lipinski definition) is 1. The highest BCUT2D eigenvalue weighted by molar-refractivity contribution is 7.92. The summed E-state index contributed by atoms with van der Waals surface area (Å²) in [6, 6.07) is 18.8. The van der Waals surface area contributed by atoms with Crippen LogP contribution in [-0.4, -0.2) is 32.2 Å². The van der Waals surface area contributed by atoms with Crippen molar-refractivity contribution >= 4 is 50.1 Å². The molecule has 0 saturated carbocycles. The van der Waals surface area contributed by atoms with E-state index in [-0.39, 0.29) is 10.5 Å². The highest BCUT2D eigenvalue weighted by Crippen LogP contribution is 2.24. The Bertz CT molecular complexity index is 1150. The molecule has 1 unspecified atom stereocenters. The molecule has 3 aromatic rings. The van der Waals surface area contributed by atoms with Crippen LogP contribution in [0.15, 0.2) is 82.6 Å². The molecule has 0 bridgehead atoms. The zero-order valence-electron chi connectivity index (χ0n) is 16.2. The lowest BCUT2D eigenvalue weighted by Crippen LogP contribution is -2.27. The predicted octanol–water partition coefficient (Wildman–Crippen LogP) is 4.15. The highest BCUT2D eigenvalue weighted by atomic mass is 35.5. The molecule has 1 atom stereocenters. The van der Waals surface area contributed by atoms with E-state index in [0.29, 0.717) is 21.3 Å². The van der Waals surface area contributed by atoms with Gasteiger partial charge < -0.3 is 9.87 Å². The molecule has 156 valence electrons. The number of rotatable bonds is 6. The van der Waals surface area contributed by atoms with Gasteiger partial charge in [-0.15, -0.1) is 0 Å². The molecular formula is C21H19ClN2O4S2. The molecule has 9 heteroatoms. The van der Waals surface area contributed by atoms with Crippen molar-refractivity contribution in [2.45, 2.75) is 9.79 Å². The smallest absolute Gasteiger partial charge is 0.264 e. The third-order valence-electron chi connectivity index (χ3n) is 4.39. The topological polar surface area (TPSA) is 89.5 Å². The van der Waals surface area contributed by atoms with E-state index in [2.05, 4.69) is 5.32 Å². The van der Waals surface area contributed by atoms with Gasteiger partial charge in [0.25, 0.3) is 15.9 Å². The lowest BCUT2D eigenvalue weighted by molar-refractivity contribution is 0.102. The second-order valence-electron chi connectivity index (χ2n) is 6.41. The highest BCUT2D eigenvalue weighted by Gasteiger charge is 2.23. The van der Waals surface area contributed by atoms with E-state index < -0.39 is 27.1 Å². The molecule has 6 nitrogen and oxygen atoms in total. The monoisotopic (exact) mass is 462 g/mol. The van der Waals surface area contributed by atoms with E-state index in [9.17, 15) is 17.8 Å². The number of carbonyl (C=O) groups is 1. The fraction of sp³-hybridized carbons (Fsp3) is 0.0952. The first-order valence-electron chi connectivity index (χ1n) is 8.78. The number of sulfonamides is 1. The summed E-state index contributed by atoms with van der Waals surface area (Å²) in [5, 5.41) is 3.25. The molecule has 0 aliphatic carbocycles. The minimum atomic E-state index is -3.90. The minimum Gasteiger partial charge on any atom is -0.612 e. The number of hydrogen-bond acceptors (Lipinski definition) is 4. The van der Waals surface area contributed by atoms with Crippen molar-refractivity contribution < 1.29 is 17.8 Å². The van der Waals surface area contributed by atoms with Crippen molar-refractivity contribution in [3.8, 4) is 0 Å². The minimum absolute atomic E-state index is 0.0168. The number of nitrogens with zero attached hydrogens (tertiary/aromatic N) is 1. The molecule has 3 rings (SSSR count). The van der Waals surface area contributed by atoms with Crippen LogP contribution in [-0.2, 0) is 21.2 Å². The van der Waals surface area contributed by atoms with Crippen molar-refractivity contribution in [2.24, 2.45) is 0 Å². The Morgan fingerprint density at radius 1 is 1.03 bits per heavy atom. The largest absolute Gasteiger partial charge is 0.612 e. The normalized spacial score (nSPS) is 12.3. The first-order chi connectivity index (χ1) is 14.2. The third kappa shape index (κ3) is 4.96. The summed E-state index contributed by atoms with van der Waals surface area (Å²) in [4.78, 5) is 13.1. The van der Waals surface area contributed by atoms with Gasteiger partial charge in [-0.05, 0) is 77.9 Å². The van der Waals surface area contributed by atoms with Crippen molar-refractivity contribution in [1.82, 2.24) is 0 Å². The third-order valence-corrected chi connectivity index (χ3v) is 7.36. The lowest BCUT2D eigenvalue weighted by atomic mass is 10.2. The Labute approximate surface area is 183 Å². The van der Waals surface area contributed by atoms with Gasteiger partial charge in [0.1, 0.15) is 6.26 Å². The zero-order chi connectivity index (χ0) is 21.9. The van der Waals surface area contributed by atoms with Crippen LogP contribution in [0.5, 0.6) is 0 Å². The van der Waals surface area contributed by atoms with Gasteiger partial charge in [-0.3, -0.25) is 9.10 Å². The first kappa shape index (κ1) is 22.2. The molecule has 0 radical (unpaired) electrons. The molecule has 30 heavy (non-hydrogen) atoms. The summed E-state index contributed by atoms with van der Waals surface area (Å²) in [5.74, 6) is -0.438. The van der Waals surface area contributed by atoms with Crippen molar-refractivity contribution in [3.05, 3.63) is 83.4 Å². The van der Waals surface area contributed by atoms with E-state index in [0.717, 1.165) is 4.31 Å². The van der Waals surface area contributed by atoms with Gasteiger partial charge in [-0.2, -0.15) is 0 Å². The second kappa shape index (κ2) is 9.09. The molecule has 3 aromatic carbocycles. The van der Waals surface area contributed by atoms with Gasteiger partial charge >= 0.3 is 0 Å². The Kier molecular flexibility index (Phi) is 6.72. The van der Waals surface area contributed by atoms with Crippen LogP contribution in [0.1, 0.15) is 10.4 Å². The fourth-order valence-corrected chi connectivity index (χ4v) is 4.57. The van der Waals surface area contributed by atoms with Gasteiger partial charge in [0.15, 0.2) is 4.90 Å². The number of benzene rings is 3. The maximum atomic E-state index is 13.0. The maximum Gasteiger partial charge on any atom is 0.264 e. The summed E-state index contributed by atoms with van der Waals surface area (Å²) in [6.07, 6.45) is 1.55. The Morgan fingerprint density at radius 2 is 1.67 bits per heavy atom. The number of amides is 1. The molecule has 0 heterocycles. The van der Waals surface area contributed by atoms with Crippen LogP contribution < -0.4 is 9.62 Å². The van der Waals surface area contributed by atoms with Crippen molar-refractivity contribution in [2.75, 3.05) is 22.9 Å². The van der Waals surface area contributed by atoms with Gasteiger partial charge in [0, 0.05) is 23.3 Å². The quantitative estimate of drug-likeness (QED) is 0.557. The number of halogens is 1. The molecular weight excluding hydrogens is 444 g/mol.